The molecule has 0 unspecified atom stereocenters. The van der Waals surface area contributed by atoms with Crippen LogP contribution >= 0.6 is 0 Å². The zero-order chi connectivity index (χ0) is 54.4. The fourth-order valence-electron chi connectivity index (χ4n) is 7.38. The minimum atomic E-state index is 0.0851. The highest BCUT2D eigenvalue weighted by Crippen LogP contribution is 2.28. The van der Waals surface area contributed by atoms with Gasteiger partial charge in [-0.3, -0.25) is 0 Å². The highest BCUT2D eigenvalue weighted by Gasteiger charge is 2.16. The third kappa shape index (κ3) is 30.2. The van der Waals surface area contributed by atoms with Gasteiger partial charge < -0.3 is 37.2 Å². The molecule has 7 N–H and O–H groups in total. The van der Waals surface area contributed by atoms with Gasteiger partial charge in [0.1, 0.15) is 0 Å². The van der Waals surface area contributed by atoms with Gasteiger partial charge in [-0.2, -0.15) is 0 Å². The maximum absolute atomic E-state index is 3.51. The number of nitrogens with one attached hydrogen (secondary N) is 7. The lowest BCUT2D eigenvalue weighted by atomic mass is 9.88. The zero-order valence-corrected chi connectivity index (χ0v) is 49.7. The average molecular weight is 971 g/mol. The van der Waals surface area contributed by atoms with Crippen LogP contribution in [-0.4, -0.2) is 38.8 Å². The minimum absolute atomic E-state index is 0.0851. The number of benzene rings is 5. The molecule has 71 heavy (non-hydrogen) atoms. The van der Waals surface area contributed by atoms with Gasteiger partial charge in [-0.25, -0.2) is 0 Å². The Kier molecular flexibility index (Phi) is 21.7. The number of rotatable bonds is 9. The molecule has 0 amide bonds. The molecule has 7 nitrogen and oxygen atoms in total. The number of hydrogen-bond acceptors (Lipinski definition) is 7. The van der Waals surface area contributed by atoms with E-state index in [4.69, 9.17) is 0 Å². The van der Waals surface area contributed by atoms with E-state index in [1.165, 1.54) is 39.3 Å². The van der Waals surface area contributed by atoms with E-state index in [9.17, 15) is 0 Å². The summed E-state index contributed by atoms with van der Waals surface area (Å²) in [6.45, 7) is 54.5. The van der Waals surface area contributed by atoms with Gasteiger partial charge in [0, 0.05) is 78.6 Å². The molecule has 394 valence electrons. The molecule has 5 rings (SSSR count). The van der Waals surface area contributed by atoms with Gasteiger partial charge in [-0.05, 0) is 265 Å². The number of aryl methyl sites for hydroxylation is 1. The molecule has 0 aliphatic heterocycles. The van der Waals surface area contributed by atoms with Crippen LogP contribution in [0.2, 0.25) is 0 Å². The first-order valence-corrected chi connectivity index (χ1v) is 26.0. The van der Waals surface area contributed by atoms with Crippen LogP contribution in [0.1, 0.15) is 177 Å². The maximum Gasteiger partial charge on any atom is 0.0375 e. The molecule has 7 heteroatoms. The molecule has 0 saturated carbocycles. The van der Waals surface area contributed by atoms with Crippen LogP contribution < -0.4 is 37.2 Å². The first-order chi connectivity index (χ1) is 32.0. The highest BCUT2D eigenvalue weighted by atomic mass is 15.0. The van der Waals surface area contributed by atoms with Gasteiger partial charge in [-0.15, -0.1) is 0 Å². The van der Waals surface area contributed by atoms with Gasteiger partial charge in [0.2, 0.25) is 0 Å². The van der Waals surface area contributed by atoms with Crippen molar-refractivity contribution in [3.05, 3.63) is 126 Å². The largest absolute Gasteiger partial charge is 0.380 e. The van der Waals surface area contributed by atoms with Crippen LogP contribution in [0.5, 0.6) is 0 Å². The van der Waals surface area contributed by atoms with Gasteiger partial charge in [0.05, 0.1) is 0 Å². The fraction of sp³-hybridized carbons (Fsp3) is 0.531. The zero-order valence-electron chi connectivity index (χ0n) is 49.7. The van der Waals surface area contributed by atoms with Gasteiger partial charge in [0.15, 0.2) is 0 Å². The lowest BCUT2D eigenvalue weighted by molar-refractivity contribution is 0.411. The summed E-state index contributed by atoms with van der Waals surface area (Å²) in [4.78, 5) is 0. The molecule has 0 aromatic heterocycles. The van der Waals surface area contributed by atoms with Crippen LogP contribution in [0, 0.1) is 12.3 Å². The summed E-state index contributed by atoms with van der Waals surface area (Å²) < 4.78 is 0. The molecule has 0 radical (unpaired) electrons. The molecule has 5 aromatic rings. The SMILES string of the molecule is CC(C)(C)Cc1cccc(NC(C)(C)C)c1.CC(C)(C)Nc1ccc(-c2ccc(NC(C)(C)C)cc2)cc1.CC(C)(C)Nc1ccc(NC(C)(C)C)cc1.Cc1cc(NC(C)(C)C)ccc1NC(C)(C)C. The summed E-state index contributed by atoms with van der Waals surface area (Å²) in [5.74, 6) is 0. The summed E-state index contributed by atoms with van der Waals surface area (Å²) in [6.07, 6.45) is 1.12. The molecular weight excluding hydrogens is 867 g/mol. The average Bonchev–Trinajstić information content (AvgIpc) is 3.14. The Balaban J connectivity index is 0.000000328. The Morgan fingerprint density at radius 2 is 0.549 bits per heavy atom. The van der Waals surface area contributed by atoms with Crippen molar-refractivity contribution in [1.82, 2.24) is 0 Å². The Labute approximate surface area is 436 Å². The van der Waals surface area contributed by atoms with Gasteiger partial charge in [0.25, 0.3) is 0 Å². The van der Waals surface area contributed by atoms with Crippen LogP contribution in [0.25, 0.3) is 11.1 Å². The topological polar surface area (TPSA) is 84.2 Å². The molecule has 0 atom stereocenters. The predicted molar refractivity (Wildman–Crippen MR) is 323 cm³/mol. The maximum atomic E-state index is 3.51. The van der Waals surface area contributed by atoms with Crippen molar-refractivity contribution in [2.24, 2.45) is 5.41 Å². The van der Waals surface area contributed by atoms with E-state index in [0.29, 0.717) is 5.41 Å². The summed E-state index contributed by atoms with van der Waals surface area (Å²) in [7, 11) is 0. The first-order valence-electron chi connectivity index (χ1n) is 26.0. The molecular formula is C64H103N7. The normalized spacial score (nSPS) is 12.4. The summed E-state index contributed by atoms with van der Waals surface area (Å²) in [6, 6.07) is 40.9. The third-order valence-corrected chi connectivity index (χ3v) is 9.50. The lowest BCUT2D eigenvalue weighted by Crippen LogP contribution is -2.27. The molecule has 0 aliphatic carbocycles. The second-order valence-corrected chi connectivity index (χ2v) is 27.8. The van der Waals surface area contributed by atoms with Crippen molar-refractivity contribution in [2.75, 3.05) is 37.2 Å². The van der Waals surface area contributed by atoms with E-state index in [-0.39, 0.29) is 38.8 Å². The van der Waals surface area contributed by atoms with E-state index in [1.54, 1.807) is 0 Å². The second-order valence-electron chi connectivity index (χ2n) is 27.8. The quantitative estimate of drug-likeness (QED) is 0.0793. The van der Waals surface area contributed by atoms with Crippen molar-refractivity contribution < 1.29 is 0 Å². The van der Waals surface area contributed by atoms with Crippen molar-refractivity contribution in [1.29, 1.82) is 0 Å². The highest BCUT2D eigenvalue weighted by molar-refractivity contribution is 5.68. The van der Waals surface area contributed by atoms with Gasteiger partial charge >= 0.3 is 0 Å². The number of hydrogen-bond donors (Lipinski definition) is 7. The van der Waals surface area contributed by atoms with E-state index >= 15 is 0 Å². The smallest absolute Gasteiger partial charge is 0.0375 e. The molecule has 0 fully saturated rings. The Morgan fingerprint density at radius 1 is 0.282 bits per heavy atom. The van der Waals surface area contributed by atoms with Crippen molar-refractivity contribution >= 4 is 39.8 Å². The van der Waals surface area contributed by atoms with Crippen molar-refractivity contribution in [3.63, 3.8) is 0 Å². The summed E-state index contributed by atoms with van der Waals surface area (Å²) >= 11 is 0. The first kappa shape index (κ1) is 61.8. The standard InChI is InChI=1S/C20H28N2.C15H26N2.C15H25N.C14H24N2/c1-19(2,3)21-17-11-7-15(8-12-17)16-9-13-18(14-10-16)22-20(4,5)6;1-11-10-12(16-14(2,3)4)8-9-13(11)17-15(5,6)7;1-14(2,3)11-12-8-7-9-13(10-12)16-15(4,5)6;1-13(2,3)15-11-7-9-12(10-8-11)16-14(4,5)6/h7-14,21-22H,1-6H3;8-10,16-17H,1-7H3;7-10,16H,11H2,1-6H3;7-10,15-16H,1-6H3. The Hall–Kier alpha value is -5.30. The van der Waals surface area contributed by atoms with Gasteiger partial charge in [-0.1, -0.05) is 57.2 Å². The van der Waals surface area contributed by atoms with Crippen LogP contribution in [0.4, 0.5) is 39.8 Å². The van der Waals surface area contributed by atoms with Crippen LogP contribution in [-0.2, 0) is 6.42 Å². The predicted octanol–water partition coefficient (Wildman–Crippen LogP) is 18.8. The molecule has 5 aromatic carbocycles. The van der Waals surface area contributed by atoms with E-state index in [1.807, 2.05) is 0 Å². The summed E-state index contributed by atoms with van der Waals surface area (Å²) in [5, 5.41) is 24.4. The van der Waals surface area contributed by atoms with E-state index < -0.39 is 0 Å². The second kappa shape index (κ2) is 24.9. The van der Waals surface area contributed by atoms with E-state index in [2.05, 4.69) is 326 Å². The minimum Gasteiger partial charge on any atom is -0.380 e. The van der Waals surface area contributed by atoms with Crippen molar-refractivity contribution in [2.45, 2.75) is 218 Å². The fourth-order valence-corrected chi connectivity index (χ4v) is 7.38. The van der Waals surface area contributed by atoms with Crippen molar-refractivity contribution in [3.8, 4) is 11.1 Å². The Morgan fingerprint density at radius 3 is 0.831 bits per heavy atom. The van der Waals surface area contributed by atoms with E-state index in [0.717, 1.165) is 29.2 Å². The monoisotopic (exact) mass is 970 g/mol. The van der Waals surface area contributed by atoms with Crippen LogP contribution in [0.15, 0.2) is 115 Å². The molecule has 0 bridgehead atoms. The molecule has 0 spiro atoms. The summed E-state index contributed by atoms with van der Waals surface area (Å²) in [5.41, 5.74) is 14.4. The third-order valence-electron chi connectivity index (χ3n) is 9.50. The molecule has 0 aliphatic rings. The Bertz CT molecular complexity index is 2180. The van der Waals surface area contributed by atoms with Crippen LogP contribution in [0.3, 0.4) is 0 Å². The molecule has 0 saturated heterocycles. The lowest BCUT2D eigenvalue weighted by Gasteiger charge is -2.26. The molecule has 0 heterocycles. The number of anilines is 7.